The van der Waals surface area contributed by atoms with Crippen molar-refractivity contribution in [2.75, 3.05) is 0 Å². The van der Waals surface area contributed by atoms with E-state index in [1.807, 2.05) is 0 Å². The van der Waals surface area contributed by atoms with Gasteiger partial charge in [0.15, 0.2) is 0 Å². The zero-order valence-corrected chi connectivity index (χ0v) is 15.3. The summed E-state index contributed by atoms with van der Waals surface area (Å²) in [4.78, 5) is 57.9. The Balaban J connectivity index is 5.29. The Morgan fingerprint density at radius 1 is 0.926 bits per heavy atom. The van der Waals surface area contributed by atoms with Crippen LogP contribution in [0.5, 0.6) is 0 Å². The second-order valence-corrected chi connectivity index (χ2v) is 6.25. The van der Waals surface area contributed by atoms with Crippen LogP contribution in [0.4, 0.5) is 13.2 Å². The molecule has 0 saturated carbocycles. The molecule has 0 aliphatic rings. The first-order chi connectivity index (χ1) is 12.2. The first-order valence-corrected chi connectivity index (χ1v) is 7.94. The standard InChI is InChI=1S/C15H23F3N4O5/c1-6(2)11(21-8(4)23)14(27)22-9(5-10(19)24)13(26)20-7(3)12(25)15(16,17)18/h6-7,9,11H,5H2,1-4H3,(H2,19,24)(H,20,26)(H,21,23)(H,22,27)/t7-,9+,11+/m1/s1. The Hall–Kier alpha value is -2.66. The molecule has 0 radical (unpaired) electrons. The van der Waals surface area contributed by atoms with E-state index in [2.05, 4.69) is 10.6 Å². The van der Waals surface area contributed by atoms with E-state index in [9.17, 15) is 37.1 Å². The molecule has 12 heteroatoms. The van der Waals surface area contributed by atoms with Gasteiger partial charge in [-0.1, -0.05) is 13.8 Å². The molecule has 9 nitrogen and oxygen atoms in total. The highest BCUT2D eigenvalue weighted by molar-refractivity contribution is 5.97. The van der Waals surface area contributed by atoms with Crippen LogP contribution in [0.15, 0.2) is 0 Å². The minimum absolute atomic E-state index is 0.392. The van der Waals surface area contributed by atoms with Crippen LogP contribution >= 0.6 is 0 Å². The van der Waals surface area contributed by atoms with Crippen LogP contribution in [0.3, 0.4) is 0 Å². The fourth-order valence-electron chi connectivity index (χ4n) is 2.05. The summed E-state index contributed by atoms with van der Waals surface area (Å²) in [5, 5.41) is 6.30. The third-order valence-electron chi connectivity index (χ3n) is 3.38. The maximum absolute atomic E-state index is 12.4. The number of nitrogens with two attached hydrogens (primary N) is 1. The minimum Gasteiger partial charge on any atom is -0.370 e. The lowest BCUT2D eigenvalue weighted by Gasteiger charge is -2.25. The van der Waals surface area contributed by atoms with Crippen LogP contribution in [0.2, 0.25) is 0 Å². The predicted molar refractivity (Wildman–Crippen MR) is 86.9 cm³/mol. The van der Waals surface area contributed by atoms with Crippen LogP contribution in [0, 0.1) is 5.92 Å². The first kappa shape index (κ1) is 24.3. The Morgan fingerprint density at radius 2 is 1.44 bits per heavy atom. The van der Waals surface area contributed by atoms with E-state index >= 15 is 0 Å². The van der Waals surface area contributed by atoms with Crippen LogP contribution in [0.1, 0.15) is 34.1 Å². The topological polar surface area (TPSA) is 147 Å². The number of hydrogen-bond donors (Lipinski definition) is 4. The highest BCUT2D eigenvalue weighted by Gasteiger charge is 2.42. The number of carbonyl (C=O) groups excluding carboxylic acids is 5. The Labute approximate surface area is 153 Å². The smallest absolute Gasteiger partial charge is 0.370 e. The summed E-state index contributed by atoms with van der Waals surface area (Å²) in [7, 11) is 0. The number of Topliss-reactive ketones (excluding diaryl/α,β-unsaturated/α-hetero) is 1. The van der Waals surface area contributed by atoms with Gasteiger partial charge in [-0.05, 0) is 12.8 Å². The Bertz CT molecular complexity index is 607. The molecule has 27 heavy (non-hydrogen) atoms. The maximum atomic E-state index is 12.4. The molecule has 0 aromatic rings. The largest absolute Gasteiger partial charge is 0.452 e. The molecule has 0 aliphatic carbocycles. The van der Waals surface area contributed by atoms with Gasteiger partial charge in [-0.3, -0.25) is 24.0 Å². The van der Waals surface area contributed by atoms with Crippen LogP contribution in [-0.4, -0.2) is 53.7 Å². The van der Waals surface area contributed by atoms with Crippen molar-refractivity contribution in [2.45, 2.75) is 58.4 Å². The number of hydrogen-bond acceptors (Lipinski definition) is 5. The molecule has 0 bridgehead atoms. The fourth-order valence-corrected chi connectivity index (χ4v) is 2.05. The molecule has 5 N–H and O–H groups in total. The van der Waals surface area contributed by atoms with E-state index < -0.39 is 66.1 Å². The van der Waals surface area contributed by atoms with Crippen molar-refractivity contribution in [3.63, 3.8) is 0 Å². The molecule has 0 rings (SSSR count). The van der Waals surface area contributed by atoms with Crippen molar-refractivity contribution in [2.24, 2.45) is 11.7 Å². The third-order valence-corrected chi connectivity index (χ3v) is 3.38. The molecule has 0 saturated heterocycles. The van der Waals surface area contributed by atoms with E-state index in [1.54, 1.807) is 19.2 Å². The SMILES string of the molecule is CC(=O)N[C@H](C(=O)N[C@@H](CC(N)=O)C(=O)N[C@H](C)C(=O)C(F)(F)F)C(C)C. The van der Waals surface area contributed by atoms with Gasteiger partial charge in [0.05, 0.1) is 12.5 Å². The van der Waals surface area contributed by atoms with Gasteiger partial charge in [-0.15, -0.1) is 0 Å². The molecule has 4 amide bonds. The fraction of sp³-hybridized carbons (Fsp3) is 0.667. The molecule has 0 aromatic carbocycles. The second-order valence-electron chi connectivity index (χ2n) is 6.25. The quantitative estimate of drug-likeness (QED) is 0.400. The monoisotopic (exact) mass is 396 g/mol. The molecule has 0 heterocycles. The summed E-state index contributed by atoms with van der Waals surface area (Å²) in [5.41, 5.74) is 5.00. The first-order valence-electron chi connectivity index (χ1n) is 7.94. The molecular formula is C15H23F3N4O5. The number of primary amides is 1. The summed E-state index contributed by atoms with van der Waals surface area (Å²) in [6.45, 7) is 5.19. The summed E-state index contributed by atoms with van der Waals surface area (Å²) in [5.74, 6) is -6.15. The average molecular weight is 396 g/mol. The number of rotatable bonds is 9. The summed E-state index contributed by atoms with van der Waals surface area (Å²) in [6, 6.07) is -4.60. The number of halogens is 3. The van der Waals surface area contributed by atoms with Crippen LogP contribution in [-0.2, 0) is 24.0 Å². The molecule has 154 valence electrons. The van der Waals surface area contributed by atoms with Crippen molar-refractivity contribution in [1.29, 1.82) is 0 Å². The highest BCUT2D eigenvalue weighted by atomic mass is 19.4. The van der Waals surface area contributed by atoms with Crippen molar-refractivity contribution >= 4 is 29.4 Å². The second kappa shape index (κ2) is 9.88. The zero-order valence-electron chi connectivity index (χ0n) is 15.3. The number of amides is 4. The normalized spacial score (nSPS) is 14.7. The van der Waals surface area contributed by atoms with Crippen molar-refractivity contribution < 1.29 is 37.1 Å². The lowest BCUT2D eigenvalue weighted by molar-refractivity contribution is -0.173. The van der Waals surface area contributed by atoms with Gasteiger partial charge in [0.1, 0.15) is 12.1 Å². The van der Waals surface area contributed by atoms with E-state index in [-0.39, 0.29) is 0 Å². The van der Waals surface area contributed by atoms with Gasteiger partial charge >= 0.3 is 6.18 Å². The molecule has 3 atom stereocenters. The van der Waals surface area contributed by atoms with Crippen molar-refractivity contribution in [3.8, 4) is 0 Å². The van der Waals surface area contributed by atoms with E-state index in [4.69, 9.17) is 5.73 Å². The lowest BCUT2D eigenvalue weighted by atomic mass is 10.0. The maximum Gasteiger partial charge on any atom is 0.452 e. The number of alkyl halides is 3. The highest BCUT2D eigenvalue weighted by Crippen LogP contribution is 2.17. The van der Waals surface area contributed by atoms with Crippen molar-refractivity contribution in [1.82, 2.24) is 16.0 Å². The van der Waals surface area contributed by atoms with Crippen LogP contribution < -0.4 is 21.7 Å². The molecule has 0 aromatic heterocycles. The summed E-state index contributed by atoms with van der Waals surface area (Å²) < 4.78 is 37.2. The van der Waals surface area contributed by atoms with E-state index in [1.165, 1.54) is 6.92 Å². The molecule has 0 unspecified atom stereocenters. The van der Waals surface area contributed by atoms with E-state index in [0.29, 0.717) is 0 Å². The van der Waals surface area contributed by atoms with Gasteiger partial charge in [0.25, 0.3) is 5.78 Å². The molecular weight excluding hydrogens is 373 g/mol. The predicted octanol–water partition coefficient (Wildman–Crippen LogP) is -0.857. The zero-order chi connectivity index (χ0) is 21.5. The molecule has 0 aliphatic heterocycles. The van der Waals surface area contributed by atoms with Gasteiger partial charge in [-0.2, -0.15) is 13.2 Å². The number of ketones is 1. The average Bonchev–Trinajstić information content (AvgIpc) is 2.48. The van der Waals surface area contributed by atoms with Crippen LogP contribution in [0.25, 0.3) is 0 Å². The van der Waals surface area contributed by atoms with Gasteiger partial charge in [0, 0.05) is 6.92 Å². The molecule has 0 fully saturated rings. The minimum atomic E-state index is -5.16. The van der Waals surface area contributed by atoms with E-state index in [0.717, 1.165) is 6.92 Å². The Kier molecular flexibility index (Phi) is 8.90. The number of carbonyl (C=O) groups is 5. The van der Waals surface area contributed by atoms with Gasteiger partial charge in [-0.25, -0.2) is 0 Å². The van der Waals surface area contributed by atoms with Crippen molar-refractivity contribution in [3.05, 3.63) is 0 Å². The summed E-state index contributed by atoms with van der Waals surface area (Å²) >= 11 is 0. The van der Waals surface area contributed by atoms with Gasteiger partial charge < -0.3 is 21.7 Å². The summed E-state index contributed by atoms with van der Waals surface area (Å²) in [6.07, 6.45) is -5.88. The van der Waals surface area contributed by atoms with Gasteiger partial charge in [0.2, 0.25) is 23.6 Å². The molecule has 0 spiro atoms. The Morgan fingerprint density at radius 3 is 1.81 bits per heavy atom. The number of nitrogens with one attached hydrogen (secondary N) is 3. The lowest BCUT2D eigenvalue weighted by Crippen LogP contribution is -2.57. The third kappa shape index (κ3) is 8.51.